The number of hydrogen-bond donors (Lipinski definition) is 2. The molecule has 0 bridgehead atoms. The fourth-order valence-corrected chi connectivity index (χ4v) is 2.96. The normalized spacial score (nSPS) is 13.8. The standard InChI is InChI=1S/C14H22N2O3S/c1-14(2,3)10-11(15)9-13(17)16-20(18,19)12-7-5-4-6-8-12/h4-8,11H,9-10,15H2,1-3H3,(H,16,17). The van der Waals surface area contributed by atoms with Crippen LogP contribution < -0.4 is 10.5 Å². The molecule has 5 nitrogen and oxygen atoms in total. The summed E-state index contributed by atoms with van der Waals surface area (Å²) in [6, 6.07) is 7.42. The zero-order chi connectivity index (χ0) is 15.4. The van der Waals surface area contributed by atoms with Gasteiger partial charge in [-0.15, -0.1) is 0 Å². The third-order valence-corrected chi connectivity index (χ3v) is 4.01. The number of benzene rings is 1. The van der Waals surface area contributed by atoms with Crippen molar-refractivity contribution in [2.75, 3.05) is 0 Å². The van der Waals surface area contributed by atoms with Crippen molar-refractivity contribution in [3.63, 3.8) is 0 Å². The highest BCUT2D eigenvalue weighted by Gasteiger charge is 2.21. The van der Waals surface area contributed by atoms with Gasteiger partial charge in [0.2, 0.25) is 5.91 Å². The van der Waals surface area contributed by atoms with Gasteiger partial charge in [0.15, 0.2) is 0 Å². The number of hydrogen-bond acceptors (Lipinski definition) is 4. The second kappa shape index (κ2) is 6.37. The Morgan fingerprint density at radius 2 is 1.80 bits per heavy atom. The number of carbonyl (C=O) groups is 1. The summed E-state index contributed by atoms with van der Waals surface area (Å²) >= 11 is 0. The summed E-state index contributed by atoms with van der Waals surface area (Å²) in [7, 11) is -3.80. The van der Waals surface area contributed by atoms with Gasteiger partial charge in [0.1, 0.15) is 0 Å². The summed E-state index contributed by atoms with van der Waals surface area (Å²) in [5, 5.41) is 0. The van der Waals surface area contributed by atoms with Gasteiger partial charge in [-0.3, -0.25) is 4.79 Å². The van der Waals surface area contributed by atoms with Crippen LogP contribution in [0.2, 0.25) is 0 Å². The Hall–Kier alpha value is -1.40. The van der Waals surface area contributed by atoms with E-state index < -0.39 is 15.9 Å². The van der Waals surface area contributed by atoms with Crippen LogP contribution in [0.3, 0.4) is 0 Å². The molecule has 0 heterocycles. The molecule has 20 heavy (non-hydrogen) atoms. The van der Waals surface area contributed by atoms with Gasteiger partial charge in [0, 0.05) is 12.5 Å². The third-order valence-electron chi connectivity index (χ3n) is 2.62. The molecule has 1 unspecified atom stereocenters. The summed E-state index contributed by atoms with van der Waals surface area (Å²) in [5.41, 5.74) is 5.86. The first-order chi connectivity index (χ1) is 9.10. The van der Waals surface area contributed by atoms with Crippen LogP contribution in [-0.2, 0) is 14.8 Å². The van der Waals surface area contributed by atoms with Crippen molar-refractivity contribution in [2.45, 2.75) is 44.6 Å². The van der Waals surface area contributed by atoms with Gasteiger partial charge >= 0.3 is 0 Å². The molecule has 0 saturated heterocycles. The molecule has 0 fully saturated rings. The van der Waals surface area contributed by atoms with E-state index in [0.717, 1.165) is 0 Å². The van der Waals surface area contributed by atoms with E-state index in [2.05, 4.69) is 0 Å². The molecule has 0 aromatic heterocycles. The molecule has 1 aromatic rings. The molecule has 0 spiro atoms. The fourth-order valence-electron chi connectivity index (χ4n) is 1.95. The molecular formula is C14H22N2O3S. The minimum absolute atomic E-state index is 0.00198. The van der Waals surface area contributed by atoms with E-state index in [-0.39, 0.29) is 22.8 Å². The molecule has 0 saturated carbocycles. The van der Waals surface area contributed by atoms with E-state index in [1.807, 2.05) is 25.5 Å². The van der Waals surface area contributed by atoms with Crippen LogP contribution in [0.1, 0.15) is 33.6 Å². The minimum atomic E-state index is -3.80. The smallest absolute Gasteiger partial charge is 0.264 e. The molecule has 6 heteroatoms. The maximum Gasteiger partial charge on any atom is 0.264 e. The highest BCUT2D eigenvalue weighted by atomic mass is 32.2. The molecule has 1 rings (SSSR count). The van der Waals surface area contributed by atoms with Crippen LogP contribution in [-0.4, -0.2) is 20.4 Å². The molecule has 0 aliphatic rings. The molecular weight excluding hydrogens is 276 g/mol. The highest BCUT2D eigenvalue weighted by molar-refractivity contribution is 7.90. The third kappa shape index (κ3) is 5.71. The molecule has 1 amide bonds. The van der Waals surface area contributed by atoms with Crippen molar-refractivity contribution < 1.29 is 13.2 Å². The average molecular weight is 298 g/mol. The van der Waals surface area contributed by atoms with Crippen LogP contribution >= 0.6 is 0 Å². The topological polar surface area (TPSA) is 89.3 Å². The maximum absolute atomic E-state index is 11.9. The van der Waals surface area contributed by atoms with Gasteiger partial charge in [-0.25, -0.2) is 13.1 Å². The largest absolute Gasteiger partial charge is 0.327 e. The molecule has 1 aromatic carbocycles. The van der Waals surface area contributed by atoms with Crippen molar-refractivity contribution >= 4 is 15.9 Å². The number of rotatable bonds is 5. The Kier molecular flexibility index (Phi) is 5.30. The molecule has 3 N–H and O–H groups in total. The van der Waals surface area contributed by atoms with Crippen molar-refractivity contribution in [3.05, 3.63) is 30.3 Å². The first-order valence-electron chi connectivity index (χ1n) is 6.46. The minimum Gasteiger partial charge on any atom is -0.327 e. The molecule has 1 atom stereocenters. The highest BCUT2D eigenvalue weighted by Crippen LogP contribution is 2.21. The van der Waals surface area contributed by atoms with Crippen LogP contribution in [0.15, 0.2) is 35.2 Å². The predicted molar refractivity (Wildman–Crippen MR) is 78.4 cm³/mol. The molecule has 0 aliphatic heterocycles. The number of amides is 1. The SMILES string of the molecule is CC(C)(C)CC(N)CC(=O)NS(=O)(=O)c1ccccc1. The van der Waals surface area contributed by atoms with Crippen molar-refractivity contribution in [3.8, 4) is 0 Å². The van der Waals surface area contributed by atoms with Gasteiger partial charge in [0.05, 0.1) is 4.90 Å². The number of sulfonamides is 1. The van der Waals surface area contributed by atoms with Gasteiger partial charge in [-0.05, 0) is 24.0 Å². The fraction of sp³-hybridized carbons (Fsp3) is 0.500. The summed E-state index contributed by atoms with van der Waals surface area (Å²) in [5.74, 6) is -0.578. The van der Waals surface area contributed by atoms with E-state index in [1.165, 1.54) is 12.1 Å². The zero-order valence-corrected chi connectivity index (χ0v) is 12.9. The Labute approximate surface area is 120 Å². The Morgan fingerprint density at radius 3 is 2.30 bits per heavy atom. The van der Waals surface area contributed by atoms with E-state index in [9.17, 15) is 13.2 Å². The Balaban J connectivity index is 2.63. The summed E-state index contributed by atoms with van der Waals surface area (Å²) < 4.78 is 25.9. The first-order valence-corrected chi connectivity index (χ1v) is 7.95. The van der Waals surface area contributed by atoms with Crippen LogP contribution in [0, 0.1) is 5.41 Å². The lowest BCUT2D eigenvalue weighted by molar-refractivity contribution is -0.119. The molecule has 112 valence electrons. The molecule has 0 aliphatic carbocycles. The van der Waals surface area contributed by atoms with E-state index >= 15 is 0 Å². The summed E-state index contributed by atoms with van der Waals surface area (Å²) in [6.07, 6.45) is 0.634. The zero-order valence-electron chi connectivity index (χ0n) is 12.1. The van der Waals surface area contributed by atoms with Gasteiger partial charge < -0.3 is 5.73 Å². The second-order valence-electron chi connectivity index (χ2n) is 6.07. The van der Waals surface area contributed by atoms with Gasteiger partial charge in [0.25, 0.3) is 10.0 Å². The van der Waals surface area contributed by atoms with E-state index in [0.29, 0.717) is 6.42 Å². The van der Waals surface area contributed by atoms with Crippen molar-refractivity contribution in [2.24, 2.45) is 11.1 Å². The monoisotopic (exact) mass is 298 g/mol. The lowest BCUT2D eigenvalue weighted by Crippen LogP contribution is -2.37. The summed E-state index contributed by atoms with van der Waals surface area (Å²) in [4.78, 5) is 11.8. The Morgan fingerprint density at radius 1 is 1.25 bits per heavy atom. The van der Waals surface area contributed by atoms with Crippen LogP contribution in [0.5, 0.6) is 0 Å². The van der Waals surface area contributed by atoms with E-state index in [4.69, 9.17) is 5.73 Å². The maximum atomic E-state index is 11.9. The van der Waals surface area contributed by atoms with Gasteiger partial charge in [-0.1, -0.05) is 39.0 Å². The first kappa shape index (κ1) is 16.7. The van der Waals surface area contributed by atoms with Crippen LogP contribution in [0.25, 0.3) is 0 Å². The number of nitrogens with one attached hydrogen (secondary N) is 1. The molecule has 0 radical (unpaired) electrons. The lowest BCUT2D eigenvalue weighted by Gasteiger charge is -2.22. The van der Waals surface area contributed by atoms with Crippen LogP contribution in [0.4, 0.5) is 0 Å². The average Bonchev–Trinajstić information content (AvgIpc) is 2.26. The van der Waals surface area contributed by atoms with Crippen molar-refractivity contribution in [1.29, 1.82) is 0 Å². The van der Waals surface area contributed by atoms with Crippen molar-refractivity contribution in [1.82, 2.24) is 4.72 Å². The quantitative estimate of drug-likeness (QED) is 0.865. The van der Waals surface area contributed by atoms with E-state index in [1.54, 1.807) is 18.2 Å². The second-order valence-corrected chi connectivity index (χ2v) is 7.75. The predicted octanol–water partition coefficient (Wildman–Crippen LogP) is 1.65. The lowest BCUT2D eigenvalue weighted by atomic mass is 9.87. The Bertz CT molecular complexity index is 548. The number of nitrogens with two attached hydrogens (primary N) is 1. The number of carbonyl (C=O) groups excluding carboxylic acids is 1. The van der Waals surface area contributed by atoms with Gasteiger partial charge in [-0.2, -0.15) is 0 Å². The summed E-state index contributed by atoms with van der Waals surface area (Å²) in [6.45, 7) is 6.06.